The first-order chi connectivity index (χ1) is 6.84. The average molecular weight is 212 g/mol. The molecule has 0 saturated carbocycles. The van der Waals surface area contributed by atoms with Crippen LogP contribution in [0.15, 0.2) is 11.6 Å². The van der Waals surface area contributed by atoms with E-state index in [2.05, 4.69) is 0 Å². The van der Waals surface area contributed by atoms with Crippen molar-refractivity contribution in [2.45, 2.75) is 40.0 Å². The Kier molecular flexibility index (Phi) is 5.05. The summed E-state index contributed by atoms with van der Waals surface area (Å²) in [5.41, 5.74) is -0.793. The van der Waals surface area contributed by atoms with E-state index in [-0.39, 0.29) is 6.42 Å². The zero-order valence-electron chi connectivity index (χ0n) is 9.33. The van der Waals surface area contributed by atoms with Gasteiger partial charge in [0.05, 0.1) is 11.9 Å². The molecule has 0 fully saturated rings. The maximum atomic E-state index is 10.7. The van der Waals surface area contributed by atoms with E-state index in [4.69, 9.17) is 0 Å². The van der Waals surface area contributed by atoms with Gasteiger partial charge in [0.2, 0.25) is 0 Å². The maximum Gasteiger partial charge on any atom is 0.0529 e. The smallest absolute Gasteiger partial charge is 0.0529 e. The average Bonchev–Trinajstić information content (AvgIpc) is 2.16. The first-order valence-electron chi connectivity index (χ1n) is 4.93. The monoisotopic (exact) mass is 212 g/mol. The SMILES string of the molecule is CC/C(C)=C/CCC(C)(C(=O)[O-])C(=O)[O-]. The zero-order valence-corrected chi connectivity index (χ0v) is 9.33. The highest BCUT2D eigenvalue weighted by molar-refractivity contribution is 5.95. The van der Waals surface area contributed by atoms with Gasteiger partial charge in [0.15, 0.2) is 0 Å². The summed E-state index contributed by atoms with van der Waals surface area (Å²) in [5.74, 6) is -3.19. The van der Waals surface area contributed by atoms with Gasteiger partial charge < -0.3 is 19.8 Å². The molecule has 4 heteroatoms. The first-order valence-corrected chi connectivity index (χ1v) is 4.93. The van der Waals surface area contributed by atoms with Gasteiger partial charge in [0, 0.05) is 5.41 Å². The third-order valence-electron chi connectivity index (χ3n) is 2.60. The van der Waals surface area contributed by atoms with Crippen LogP contribution in [0.5, 0.6) is 0 Å². The minimum absolute atomic E-state index is 0.00495. The molecule has 0 aromatic carbocycles. The Morgan fingerprint density at radius 1 is 1.27 bits per heavy atom. The first kappa shape index (κ1) is 13.7. The molecule has 15 heavy (non-hydrogen) atoms. The molecule has 4 nitrogen and oxygen atoms in total. The third-order valence-corrected chi connectivity index (χ3v) is 2.60. The molecular formula is C11H16O4-2. The van der Waals surface area contributed by atoms with E-state index in [1.165, 1.54) is 0 Å². The van der Waals surface area contributed by atoms with Crippen LogP contribution in [-0.4, -0.2) is 11.9 Å². The van der Waals surface area contributed by atoms with Crippen LogP contribution in [0.2, 0.25) is 0 Å². The highest BCUT2D eigenvalue weighted by Crippen LogP contribution is 2.22. The Hall–Kier alpha value is -1.32. The molecule has 0 atom stereocenters. The molecule has 0 radical (unpaired) electrons. The van der Waals surface area contributed by atoms with Crippen molar-refractivity contribution in [3.63, 3.8) is 0 Å². The predicted octanol–water partition coefficient (Wildman–Crippen LogP) is -0.371. The van der Waals surface area contributed by atoms with E-state index in [1.807, 2.05) is 19.9 Å². The molecule has 0 rings (SSSR count). The summed E-state index contributed by atoms with van der Waals surface area (Å²) >= 11 is 0. The number of carboxylic acid groups (broad SMARTS) is 2. The van der Waals surface area contributed by atoms with Crippen molar-refractivity contribution in [1.29, 1.82) is 0 Å². The van der Waals surface area contributed by atoms with E-state index in [0.29, 0.717) is 6.42 Å². The molecule has 0 unspecified atom stereocenters. The minimum atomic E-state index is -1.90. The predicted molar refractivity (Wildman–Crippen MR) is 51.4 cm³/mol. The maximum absolute atomic E-state index is 10.7. The number of carbonyl (C=O) groups is 2. The molecule has 0 heterocycles. The lowest BCUT2D eigenvalue weighted by atomic mass is 9.85. The van der Waals surface area contributed by atoms with Crippen LogP contribution in [0.3, 0.4) is 0 Å². The number of carboxylic acids is 2. The normalized spacial score (nSPS) is 12.6. The Labute approximate surface area is 89.6 Å². The fraction of sp³-hybridized carbons (Fsp3) is 0.636. The molecule has 0 aliphatic heterocycles. The molecule has 0 bridgehead atoms. The summed E-state index contributed by atoms with van der Waals surface area (Å²) in [7, 11) is 0. The molecule has 86 valence electrons. The second-order valence-corrected chi connectivity index (χ2v) is 3.85. The molecule has 0 aliphatic carbocycles. The summed E-state index contributed by atoms with van der Waals surface area (Å²) in [5, 5.41) is 21.3. The largest absolute Gasteiger partial charge is 0.549 e. The van der Waals surface area contributed by atoms with E-state index in [0.717, 1.165) is 18.9 Å². The van der Waals surface area contributed by atoms with E-state index in [1.54, 1.807) is 0 Å². The number of aliphatic carboxylic acids is 2. The summed E-state index contributed by atoms with van der Waals surface area (Å²) in [6.07, 6.45) is 3.10. The standard InChI is InChI=1S/C11H18O4/c1-4-8(2)6-5-7-11(3,9(12)13)10(14)15/h6H,4-5,7H2,1-3H3,(H,12,13)(H,14,15)/p-2/b8-6+. The lowest BCUT2D eigenvalue weighted by Gasteiger charge is -2.31. The van der Waals surface area contributed by atoms with Gasteiger partial charge in [0.25, 0.3) is 0 Å². The van der Waals surface area contributed by atoms with Crippen LogP contribution >= 0.6 is 0 Å². The van der Waals surface area contributed by atoms with Gasteiger partial charge >= 0.3 is 0 Å². The van der Waals surface area contributed by atoms with E-state index >= 15 is 0 Å². The fourth-order valence-corrected chi connectivity index (χ4v) is 1.04. The Bertz CT molecular complexity index is 264. The molecular weight excluding hydrogens is 196 g/mol. The van der Waals surface area contributed by atoms with Gasteiger partial charge in [-0.15, -0.1) is 0 Å². The van der Waals surface area contributed by atoms with Crippen LogP contribution < -0.4 is 10.2 Å². The lowest BCUT2D eigenvalue weighted by Crippen LogP contribution is -2.51. The number of rotatable bonds is 6. The topological polar surface area (TPSA) is 80.3 Å². The van der Waals surface area contributed by atoms with E-state index in [9.17, 15) is 19.8 Å². The van der Waals surface area contributed by atoms with Crippen LogP contribution in [0.25, 0.3) is 0 Å². The van der Waals surface area contributed by atoms with Crippen molar-refractivity contribution in [1.82, 2.24) is 0 Å². The van der Waals surface area contributed by atoms with Crippen molar-refractivity contribution in [3.05, 3.63) is 11.6 Å². The molecule has 0 saturated heterocycles. The quantitative estimate of drug-likeness (QED) is 0.444. The molecule has 0 amide bonds. The van der Waals surface area contributed by atoms with Crippen LogP contribution in [0, 0.1) is 5.41 Å². The number of hydrogen-bond donors (Lipinski definition) is 0. The Morgan fingerprint density at radius 3 is 2.07 bits per heavy atom. The Morgan fingerprint density at radius 2 is 1.73 bits per heavy atom. The summed E-state index contributed by atoms with van der Waals surface area (Å²) in [6.45, 7) is 5.00. The number of carbonyl (C=O) groups excluding carboxylic acids is 2. The van der Waals surface area contributed by atoms with Crippen molar-refractivity contribution < 1.29 is 19.8 Å². The molecule has 0 spiro atoms. The molecule has 0 aromatic rings. The second-order valence-electron chi connectivity index (χ2n) is 3.85. The van der Waals surface area contributed by atoms with Crippen LogP contribution in [0.4, 0.5) is 0 Å². The van der Waals surface area contributed by atoms with Crippen molar-refractivity contribution >= 4 is 11.9 Å². The molecule has 0 aromatic heterocycles. The van der Waals surface area contributed by atoms with Crippen molar-refractivity contribution in [2.75, 3.05) is 0 Å². The summed E-state index contributed by atoms with van der Waals surface area (Å²) in [6, 6.07) is 0. The number of allylic oxidation sites excluding steroid dienone is 2. The molecule has 0 aliphatic rings. The van der Waals surface area contributed by atoms with Gasteiger partial charge in [-0.1, -0.05) is 18.6 Å². The summed E-state index contributed by atoms with van der Waals surface area (Å²) in [4.78, 5) is 21.3. The molecule has 0 N–H and O–H groups in total. The van der Waals surface area contributed by atoms with Crippen molar-refractivity contribution in [3.8, 4) is 0 Å². The van der Waals surface area contributed by atoms with Gasteiger partial charge in [-0.05, 0) is 33.1 Å². The minimum Gasteiger partial charge on any atom is -0.549 e. The zero-order chi connectivity index (χ0) is 12.1. The van der Waals surface area contributed by atoms with E-state index < -0.39 is 17.4 Å². The highest BCUT2D eigenvalue weighted by Gasteiger charge is 2.26. The van der Waals surface area contributed by atoms with Gasteiger partial charge in [-0.25, -0.2) is 0 Å². The van der Waals surface area contributed by atoms with Gasteiger partial charge in [-0.3, -0.25) is 0 Å². The lowest BCUT2D eigenvalue weighted by molar-refractivity contribution is -0.342. The van der Waals surface area contributed by atoms with Gasteiger partial charge in [0.1, 0.15) is 0 Å². The van der Waals surface area contributed by atoms with Crippen LogP contribution in [-0.2, 0) is 9.59 Å². The van der Waals surface area contributed by atoms with Gasteiger partial charge in [-0.2, -0.15) is 0 Å². The van der Waals surface area contributed by atoms with Crippen LogP contribution in [0.1, 0.15) is 40.0 Å². The second kappa shape index (κ2) is 5.53. The number of hydrogen-bond acceptors (Lipinski definition) is 4. The van der Waals surface area contributed by atoms with Crippen molar-refractivity contribution in [2.24, 2.45) is 5.41 Å². The fourth-order valence-electron chi connectivity index (χ4n) is 1.04. The Balaban J connectivity index is 4.47. The highest BCUT2D eigenvalue weighted by atomic mass is 16.4. The third kappa shape index (κ3) is 3.73. The summed E-state index contributed by atoms with van der Waals surface area (Å²) < 4.78 is 0.